The number of amides is 1. The van der Waals surface area contributed by atoms with Gasteiger partial charge in [0.1, 0.15) is 0 Å². The van der Waals surface area contributed by atoms with Gasteiger partial charge >= 0.3 is 0 Å². The predicted molar refractivity (Wildman–Crippen MR) is 92.2 cm³/mol. The van der Waals surface area contributed by atoms with E-state index >= 15 is 0 Å². The molecule has 3 nitrogen and oxygen atoms in total. The Labute approximate surface area is 133 Å². The Morgan fingerprint density at radius 3 is 2.36 bits per heavy atom. The summed E-state index contributed by atoms with van der Waals surface area (Å²) in [7, 11) is 3.97. The van der Waals surface area contributed by atoms with Gasteiger partial charge in [0.2, 0.25) is 0 Å². The summed E-state index contributed by atoms with van der Waals surface area (Å²) < 4.78 is 0. The van der Waals surface area contributed by atoms with Crippen molar-refractivity contribution in [3.05, 3.63) is 65.7 Å². The van der Waals surface area contributed by atoms with Crippen molar-refractivity contribution in [3.63, 3.8) is 0 Å². The Kier molecular flexibility index (Phi) is 5.59. The summed E-state index contributed by atoms with van der Waals surface area (Å²) in [6.45, 7) is 3.52. The summed E-state index contributed by atoms with van der Waals surface area (Å²) in [4.78, 5) is 16.8. The van der Waals surface area contributed by atoms with Crippen molar-refractivity contribution in [1.29, 1.82) is 0 Å². The van der Waals surface area contributed by atoms with Crippen molar-refractivity contribution in [1.82, 2.24) is 4.90 Å². The van der Waals surface area contributed by atoms with Gasteiger partial charge in [0.05, 0.1) is 0 Å². The minimum Gasteiger partial charge on any atom is -0.378 e. The summed E-state index contributed by atoms with van der Waals surface area (Å²) in [6, 6.07) is 17.9. The van der Waals surface area contributed by atoms with Gasteiger partial charge in [-0.05, 0) is 30.2 Å². The van der Waals surface area contributed by atoms with E-state index in [0.29, 0.717) is 6.54 Å². The topological polar surface area (TPSA) is 23.6 Å². The molecule has 2 aromatic rings. The quantitative estimate of drug-likeness (QED) is 0.809. The first kappa shape index (κ1) is 16.1. The predicted octanol–water partition coefficient (Wildman–Crippen LogP) is 3.81. The van der Waals surface area contributed by atoms with Crippen LogP contribution in [0.3, 0.4) is 0 Å². The minimum absolute atomic E-state index is 0.0920. The molecule has 0 bridgehead atoms. The SMILES string of the molecule is CCCN(Cc1ccccc1)C(=O)c1cccc(N(C)C)c1. The van der Waals surface area contributed by atoms with Gasteiger partial charge in [0.25, 0.3) is 5.91 Å². The van der Waals surface area contributed by atoms with Crippen LogP contribution in [0.5, 0.6) is 0 Å². The number of hydrogen-bond acceptors (Lipinski definition) is 2. The summed E-state index contributed by atoms with van der Waals surface area (Å²) >= 11 is 0. The number of carbonyl (C=O) groups excluding carboxylic acids is 1. The van der Waals surface area contributed by atoms with Crippen LogP contribution in [0.15, 0.2) is 54.6 Å². The first-order chi connectivity index (χ1) is 10.6. The molecule has 0 fully saturated rings. The number of carbonyl (C=O) groups is 1. The van der Waals surface area contributed by atoms with Gasteiger partial charge in [-0.3, -0.25) is 4.79 Å². The molecule has 22 heavy (non-hydrogen) atoms. The van der Waals surface area contributed by atoms with Crippen molar-refractivity contribution < 1.29 is 4.79 Å². The molecule has 0 saturated heterocycles. The Morgan fingerprint density at radius 2 is 1.73 bits per heavy atom. The number of rotatable bonds is 6. The Morgan fingerprint density at radius 1 is 1.00 bits per heavy atom. The van der Waals surface area contributed by atoms with Crippen molar-refractivity contribution in [2.45, 2.75) is 19.9 Å². The fourth-order valence-corrected chi connectivity index (χ4v) is 2.43. The van der Waals surface area contributed by atoms with Gasteiger partial charge in [0, 0.05) is 38.4 Å². The maximum absolute atomic E-state index is 12.8. The first-order valence-electron chi connectivity index (χ1n) is 7.72. The lowest BCUT2D eigenvalue weighted by atomic mass is 10.1. The summed E-state index contributed by atoms with van der Waals surface area (Å²) in [6.07, 6.45) is 0.950. The third-order valence-corrected chi connectivity index (χ3v) is 3.61. The van der Waals surface area contributed by atoms with E-state index in [1.807, 2.05) is 66.4 Å². The Hall–Kier alpha value is -2.29. The molecular formula is C19H24N2O. The van der Waals surface area contributed by atoms with Crippen molar-refractivity contribution >= 4 is 11.6 Å². The second kappa shape index (κ2) is 7.64. The molecule has 0 N–H and O–H groups in total. The first-order valence-corrected chi connectivity index (χ1v) is 7.72. The summed E-state index contributed by atoms with van der Waals surface area (Å²) in [5.74, 6) is 0.0920. The molecule has 0 spiro atoms. The normalized spacial score (nSPS) is 10.3. The van der Waals surface area contributed by atoms with Crippen LogP contribution in [0, 0.1) is 0 Å². The third kappa shape index (κ3) is 4.10. The number of hydrogen-bond donors (Lipinski definition) is 0. The molecule has 1 amide bonds. The molecule has 2 aromatic carbocycles. The number of benzene rings is 2. The van der Waals surface area contributed by atoms with Crippen molar-refractivity contribution in [2.75, 3.05) is 25.5 Å². The number of nitrogens with zero attached hydrogens (tertiary/aromatic N) is 2. The standard InChI is InChI=1S/C19H24N2O/c1-4-13-21(15-16-9-6-5-7-10-16)19(22)17-11-8-12-18(14-17)20(2)3/h5-12,14H,4,13,15H2,1-3H3. The monoisotopic (exact) mass is 296 g/mol. The summed E-state index contributed by atoms with van der Waals surface area (Å²) in [5.41, 5.74) is 2.95. The lowest BCUT2D eigenvalue weighted by Gasteiger charge is -2.23. The zero-order valence-electron chi connectivity index (χ0n) is 13.6. The van der Waals surface area contributed by atoms with Crippen LogP contribution >= 0.6 is 0 Å². The van der Waals surface area contributed by atoms with Crippen LogP contribution in [0.2, 0.25) is 0 Å². The molecule has 0 unspecified atom stereocenters. The van der Waals surface area contributed by atoms with E-state index < -0.39 is 0 Å². The Bertz CT molecular complexity index is 608. The molecule has 116 valence electrons. The maximum Gasteiger partial charge on any atom is 0.254 e. The van der Waals surface area contributed by atoms with E-state index in [4.69, 9.17) is 0 Å². The molecule has 0 heterocycles. The van der Waals surface area contributed by atoms with Crippen LogP contribution < -0.4 is 4.90 Å². The zero-order chi connectivity index (χ0) is 15.9. The molecule has 0 aromatic heterocycles. The van der Waals surface area contributed by atoms with Gasteiger partial charge < -0.3 is 9.80 Å². The molecule has 0 radical (unpaired) electrons. The van der Waals surface area contributed by atoms with Crippen molar-refractivity contribution in [3.8, 4) is 0 Å². The highest BCUT2D eigenvalue weighted by Gasteiger charge is 2.16. The smallest absolute Gasteiger partial charge is 0.254 e. The molecule has 3 heteroatoms. The molecule has 0 aliphatic carbocycles. The molecular weight excluding hydrogens is 272 g/mol. The molecule has 0 atom stereocenters. The second-order valence-electron chi connectivity index (χ2n) is 5.66. The highest BCUT2D eigenvalue weighted by molar-refractivity contribution is 5.95. The van der Waals surface area contributed by atoms with Crippen LogP contribution in [0.1, 0.15) is 29.3 Å². The van der Waals surface area contributed by atoms with E-state index in [1.54, 1.807) is 0 Å². The van der Waals surface area contributed by atoms with E-state index in [0.717, 1.165) is 29.8 Å². The highest BCUT2D eigenvalue weighted by atomic mass is 16.2. The van der Waals surface area contributed by atoms with Crippen LogP contribution in [0.25, 0.3) is 0 Å². The van der Waals surface area contributed by atoms with Gasteiger partial charge in [0.15, 0.2) is 0 Å². The van der Waals surface area contributed by atoms with Crippen LogP contribution in [0.4, 0.5) is 5.69 Å². The average molecular weight is 296 g/mol. The fraction of sp³-hybridized carbons (Fsp3) is 0.316. The average Bonchev–Trinajstić information content (AvgIpc) is 2.55. The van der Waals surface area contributed by atoms with Crippen molar-refractivity contribution in [2.24, 2.45) is 0 Å². The molecule has 0 saturated carbocycles. The van der Waals surface area contributed by atoms with E-state index in [9.17, 15) is 4.79 Å². The van der Waals surface area contributed by atoms with Crippen LogP contribution in [-0.4, -0.2) is 31.4 Å². The summed E-state index contributed by atoms with van der Waals surface area (Å²) in [5, 5.41) is 0. The minimum atomic E-state index is 0.0920. The number of anilines is 1. The van der Waals surface area contributed by atoms with Gasteiger partial charge in [-0.15, -0.1) is 0 Å². The van der Waals surface area contributed by atoms with Crippen LogP contribution in [-0.2, 0) is 6.54 Å². The Balaban J connectivity index is 2.20. The molecule has 0 aliphatic rings. The third-order valence-electron chi connectivity index (χ3n) is 3.61. The zero-order valence-corrected chi connectivity index (χ0v) is 13.6. The largest absolute Gasteiger partial charge is 0.378 e. The second-order valence-corrected chi connectivity index (χ2v) is 5.66. The molecule has 2 rings (SSSR count). The van der Waals surface area contributed by atoms with Gasteiger partial charge in [-0.1, -0.05) is 43.3 Å². The lowest BCUT2D eigenvalue weighted by Crippen LogP contribution is -2.31. The van der Waals surface area contributed by atoms with E-state index in [1.165, 1.54) is 0 Å². The van der Waals surface area contributed by atoms with E-state index in [2.05, 4.69) is 19.1 Å². The van der Waals surface area contributed by atoms with Gasteiger partial charge in [-0.2, -0.15) is 0 Å². The van der Waals surface area contributed by atoms with E-state index in [-0.39, 0.29) is 5.91 Å². The van der Waals surface area contributed by atoms with Gasteiger partial charge in [-0.25, -0.2) is 0 Å². The maximum atomic E-state index is 12.8. The highest BCUT2D eigenvalue weighted by Crippen LogP contribution is 2.16. The lowest BCUT2D eigenvalue weighted by molar-refractivity contribution is 0.0743. The molecule has 0 aliphatic heterocycles. The fourth-order valence-electron chi connectivity index (χ4n) is 2.43.